The number of pyridine rings is 1. The van der Waals surface area contributed by atoms with Crippen LogP contribution in [-0.2, 0) is 0 Å². The lowest BCUT2D eigenvalue weighted by molar-refractivity contribution is 0.0768. The van der Waals surface area contributed by atoms with Gasteiger partial charge in [0.15, 0.2) is 5.75 Å². The van der Waals surface area contributed by atoms with Crippen LogP contribution in [0, 0.1) is 0 Å². The molecule has 0 atom stereocenters. The average Bonchev–Trinajstić information content (AvgIpc) is 3.24. The Kier molecular flexibility index (Phi) is 5.48. The van der Waals surface area contributed by atoms with Crippen molar-refractivity contribution in [3.05, 3.63) is 52.9 Å². The first-order valence-corrected chi connectivity index (χ1v) is 10.0. The van der Waals surface area contributed by atoms with E-state index in [1.54, 1.807) is 12.4 Å². The number of hydrogen-bond donors (Lipinski definition) is 0. The van der Waals surface area contributed by atoms with Crippen LogP contribution >= 0.6 is 0 Å². The van der Waals surface area contributed by atoms with E-state index in [0.717, 1.165) is 43.4 Å². The Morgan fingerprint density at radius 2 is 1.67 bits per heavy atom. The van der Waals surface area contributed by atoms with E-state index in [4.69, 9.17) is 9.47 Å². The molecule has 1 aliphatic carbocycles. The molecule has 2 aliphatic rings. The third kappa shape index (κ3) is 4.19. The minimum atomic E-state index is -0.113. The highest BCUT2D eigenvalue weighted by molar-refractivity contribution is 5.39. The lowest BCUT2D eigenvalue weighted by atomic mass is 10.0. The average molecular weight is 368 g/mol. The van der Waals surface area contributed by atoms with Crippen LogP contribution in [0.5, 0.6) is 11.5 Å². The van der Waals surface area contributed by atoms with E-state index in [9.17, 15) is 4.79 Å². The van der Waals surface area contributed by atoms with Crippen molar-refractivity contribution >= 4 is 0 Å². The fraction of sp³-hybridized carbons (Fsp3) is 0.500. The van der Waals surface area contributed by atoms with Gasteiger partial charge in [-0.3, -0.25) is 4.79 Å². The van der Waals surface area contributed by atoms with E-state index >= 15 is 0 Å². The van der Waals surface area contributed by atoms with Crippen LogP contribution in [0.4, 0.5) is 0 Å². The van der Waals surface area contributed by atoms with Gasteiger partial charge in [-0.15, -0.1) is 0 Å². The Morgan fingerprint density at radius 1 is 0.963 bits per heavy atom. The molecule has 1 aliphatic heterocycles. The molecule has 0 bridgehead atoms. The molecule has 1 saturated heterocycles. The summed E-state index contributed by atoms with van der Waals surface area (Å²) in [5.41, 5.74) is 0.856. The zero-order valence-corrected chi connectivity index (χ0v) is 16.0. The molecule has 0 spiro atoms. The van der Waals surface area contributed by atoms with Gasteiger partial charge >= 0.3 is 0 Å². The van der Waals surface area contributed by atoms with E-state index in [-0.39, 0.29) is 5.43 Å². The molecule has 0 amide bonds. The number of piperidine rings is 1. The van der Waals surface area contributed by atoms with Gasteiger partial charge in [-0.05, 0) is 49.9 Å². The maximum Gasteiger partial charge on any atom is 0.223 e. The molecule has 0 N–H and O–H groups in total. The zero-order chi connectivity index (χ0) is 18.6. The summed E-state index contributed by atoms with van der Waals surface area (Å²) < 4.78 is 13.2. The molecule has 0 radical (unpaired) electrons. The highest BCUT2D eigenvalue weighted by Crippen LogP contribution is 2.27. The van der Waals surface area contributed by atoms with Gasteiger partial charge in [0.25, 0.3) is 0 Å². The first kappa shape index (κ1) is 18.1. The molecule has 5 heteroatoms. The lowest BCUT2D eigenvalue weighted by Gasteiger charge is -2.36. The third-order valence-corrected chi connectivity index (χ3v) is 5.86. The highest BCUT2D eigenvalue weighted by atomic mass is 16.5. The van der Waals surface area contributed by atoms with Gasteiger partial charge in [0.05, 0.1) is 13.3 Å². The Labute approximate surface area is 160 Å². The van der Waals surface area contributed by atoms with Crippen LogP contribution in [0.25, 0.3) is 5.69 Å². The number of aromatic nitrogens is 1. The van der Waals surface area contributed by atoms with Gasteiger partial charge in [-0.25, -0.2) is 0 Å². The van der Waals surface area contributed by atoms with Gasteiger partial charge in [-0.1, -0.05) is 12.8 Å². The second-order valence-electron chi connectivity index (χ2n) is 7.57. The summed E-state index contributed by atoms with van der Waals surface area (Å²) >= 11 is 0. The van der Waals surface area contributed by atoms with Crippen molar-refractivity contribution in [1.82, 2.24) is 9.47 Å². The number of nitrogens with zero attached hydrogens (tertiary/aromatic N) is 2. The zero-order valence-electron chi connectivity index (χ0n) is 16.0. The van der Waals surface area contributed by atoms with Crippen molar-refractivity contribution in [3.63, 3.8) is 0 Å². The van der Waals surface area contributed by atoms with Crippen molar-refractivity contribution in [2.75, 3.05) is 20.2 Å². The van der Waals surface area contributed by atoms with E-state index in [1.807, 2.05) is 28.8 Å². The second-order valence-corrected chi connectivity index (χ2v) is 7.57. The molecule has 4 rings (SSSR count). The largest absolute Gasteiger partial charge is 0.491 e. The van der Waals surface area contributed by atoms with Crippen LogP contribution < -0.4 is 14.9 Å². The molecule has 144 valence electrons. The normalized spacial score (nSPS) is 19.3. The summed E-state index contributed by atoms with van der Waals surface area (Å²) in [5.74, 6) is 1.25. The first-order chi connectivity index (χ1) is 13.2. The number of benzene rings is 1. The predicted octanol–water partition coefficient (Wildman–Crippen LogP) is 3.63. The fourth-order valence-corrected chi connectivity index (χ4v) is 4.29. The van der Waals surface area contributed by atoms with Gasteiger partial charge in [0, 0.05) is 37.1 Å². The van der Waals surface area contributed by atoms with Gasteiger partial charge in [0.1, 0.15) is 11.9 Å². The molecule has 0 unspecified atom stereocenters. The van der Waals surface area contributed by atoms with Gasteiger partial charge < -0.3 is 18.9 Å². The van der Waals surface area contributed by atoms with Crippen LogP contribution in [0.1, 0.15) is 38.5 Å². The topological polar surface area (TPSA) is 43.7 Å². The molecule has 1 aromatic heterocycles. The summed E-state index contributed by atoms with van der Waals surface area (Å²) in [4.78, 5) is 14.3. The van der Waals surface area contributed by atoms with E-state index < -0.39 is 0 Å². The predicted molar refractivity (Wildman–Crippen MR) is 106 cm³/mol. The van der Waals surface area contributed by atoms with Gasteiger partial charge in [-0.2, -0.15) is 0 Å². The molecule has 5 nitrogen and oxygen atoms in total. The minimum Gasteiger partial charge on any atom is -0.491 e. The Hall–Kier alpha value is -2.27. The summed E-state index contributed by atoms with van der Waals surface area (Å²) in [6.45, 7) is 2.31. The van der Waals surface area contributed by atoms with Crippen molar-refractivity contribution < 1.29 is 9.47 Å². The molecule has 2 heterocycles. The molecule has 1 aromatic carbocycles. The van der Waals surface area contributed by atoms with Crippen LogP contribution in [0.2, 0.25) is 0 Å². The number of rotatable bonds is 5. The van der Waals surface area contributed by atoms with Crippen LogP contribution in [-0.4, -0.2) is 41.8 Å². The number of ether oxygens (including phenoxy) is 2. The quantitative estimate of drug-likeness (QED) is 0.808. The summed E-state index contributed by atoms with van der Waals surface area (Å²) in [7, 11) is 1.51. The molecule has 2 fully saturated rings. The Balaban J connectivity index is 1.35. The molecule has 2 aromatic rings. The SMILES string of the molecule is COc1cn(-c2ccc(OC3CCN(C4CCCC4)CC3)cc2)ccc1=O. The standard InChI is InChI=1S/C22H28N2O3/c1-26-22-16-24(15-12-21(22)25)18-6-8-19(9-7-18)27-20-10-13-23(14-11-20)17-4-2-3-5-17/h6-9,12,15-17,20H,2-5,10-11,13-14H2,1H3. The summed E-state index contributed by atoms with van der Waals surface area (Å²) in [6.07, 6.45) is 11.5. The summed E-state index contributed by atoms with van der Waals surface area (Å²) in [6, 6.07) is 10.4. The van der Waals surface area contributed by atoms with E-state index in [1.165, 1.54) is 38.9 Å². The molecule has 1 saturated carbocycles. The number of hydrogen-bond acceptors (Lipinski definition) is 4. The Bertz CT molecular complexity index is 801. The van der Waals surface area contributed by atoms with Crippen LogP contribution in [0.3, 0.4) is 0 Å². The van der Waals surface area contributed by atoms with Crippen molar-refractivity contribution in [2.24, 2.45) is 0 Å². The third-order valence-electron chi connectivity index (χ3n) is 5.86. The van der Waals surface area contributed by atoms with Crippen molar-refractivity contribution in [2.45, 2.75) is 50.7 Å². The van der Waals surface area contributed by atoms with E-state index in [2.05, 4.69) is 4.90 Å². The highest BCUT2D eigenvalue weighted by Gasteiger charge is 2.27. The number of likely N-dealkylation sites (tertiary alicyclic amines) is 1. The fourth-order valence-electron chi connectivity index (χ4n) is 4.29. The number of methoxy groups -OCH3 is 1. The van der Waals surface area contributed by atoms with Crippen LogP contribution in [0.15, 0.2) is 47.5 Å². The van der Waals surface area contributed by atoms with E-state index in [0.29, 0.717) is 11.9 Å². The lowest BCUT2D eigenvalue weighted by Crippen LogP contribution is -2.43. The summed E-state index contributed by atoms with van der Waals surface area (Å²) in [5, 5.41) is 0. The molecular formula is C22H28N2O3. The van der Waals surface area contributed by atoms with Crippen molar-refractivity contribution in [3.8, 4) is 17.2 Å². The molecular weight excluding hydrogens is 340 g/mol. The maximum atomic E-state index is 11.7. The van der Waals surface area contributed by atoms with Gasteiger partial charge in [0.2, 0.25) is 5.43 Å². The van der Waals surface area contributed by atoms with Crippen molar-refractivity contribution in [1.29, 1.82) is 0 Å². The Morgan fingerprint density at radius 3 is 2.33 bits per heavy atom. The monoisotopic (exact) mass is 368 g/mol. The first-order valence-electron chi connectivity index (χ1n) is 10.0. The molecule has 27 heavy (non-hydrogen) atoms. The maximum absolute atomic E-state index is 11.7. The second kappa shape index (κ2) is 8.17. The smallest absolute Gasteiger partial charge is 0.223 e. The minimum absolute atomic E-state index is 0.113.